The van der Waals surface area contributed by atoms with Crippen LogP contribution in [0, 0.1) is 5.92 Å². The minimum absolute atomic E-state index is 0.0888. The van der Waals surface area contributed by atoms with Crippen molar-refractivity contribution in [3.63, 3.8) is 0 Å². The molecule has 11 heteroatoms. The van der Waals surface area contributed by atoms with Crippen molar-refractivity contribution in [3.8, 4) is 5.75 Å². The lowest BCUT2D eigenvalue weighted by molar-refractivity contribution is -0.137. The van der Waals surface area contributed by atoms with Gasteiger partial charge in [-0.1, -0.05) is 67.2 Å². The van der Waals surface area contributed by atoms with Crippen molar-refractivity contribution in [2.75, 3.05) is 32.0 Å². The molecular weight excluding hydrogens is 650 g/mol. The highest BCUT2D eigenvalue weighted by molar-refractivity contribution is 7.99. The Balaban J connectivity index is 1.34. The maximum atomic E-state index is 13.9. The van der Waals surface area contributed by atoms with Gasteiger partial charge in [-0.05, 0) is 73.6 Å². The lowest BCUT2D eigenvalue weighted by Crippen LogP contribution is -2.50. The third-order valence-electron chi connectivity index (χ3n) is 8.53. The number of nitrogens with two attached hydrogens (primary N) is 1. The smallest absolute Gasteiger partial charge is 0.416 e. The molecule has 0 saturated carbocycles. The molecule has 0 aliphatic carbocycles. The summed E-state index contributed by atoms with van der Waals surface area (Å²) in [6, 6.07) is 27.9. The number of carbonyl (C=O) groups excluding carboxylic acids is 2. The van der Waals surface area contributed by atoms with Crippen molar-refractivity contribution < 1.29 is 27.5 Å². The summed E-state index contributed by atoms with van der Waals surface area (Å²) in [6.45, 7) is 5.86. The summed E-state index contributed by atoms with van der Waals surface area (Å²) in [4.78, 5) is 33.3. The van der Waals surface area contributed by atoms with E-state index >= 15 is 0 Å². The van der Waals surface area contributed by atoms with Crippen molar-refractivity contribution in [3.05, 3.63) is 119 Å². The SMILES string of the molecule is CC(CN)N1C[C@@H](C)[C@@H](CN(C)Cc2ccc(Sc3ccccc3)cc2)Oc2c(NC(=O)Cc3ccc(C(F)(F)F)cc3)cccc2C1=O. The van der Waals surface area contributed by atoms with Gasteiger partial charge in [0.1, 0.15) is 6.10 Å². The number of hydrogen-bond donors (Lipinski definition) is 2. The van der Waals surface area contributed by atoms with Crippen LogP contribution in [0.2, 0.25) is 0 Å². The zero-order valence-corrected chi connectivity index (χ0v) is 28.6. The number of fused-ring (bicyclic) bond motifs is 1. The van der Waals surface area contributed by atoms with Crippen LogP contribution in [0.1, 0.15) is 40.9 Å². The van der Waals surface area contributed by atoms with Crippen LogP contribution >= 0.6 is 11.8 Å². The summed E-state index contributed by atoms with van der Waals surface area (Å²) >= 11 is 1.71. The molecule has 7 nitrogen and oxygen atoms in total. The molecule has 0 saturated heterocycles. The van der Waals surface area contributed by atoms with E-state index in [9.17, 15) is 22.8 Å². The number of anilines is 1. The first-order valence-corrected chi connectivity index (χ1v) is 17.0. The second kappa shape index (κ2) is 15.9. The van der Waals surface area contributed by atoms with E-state index in [2.05, 4.69) is 46.6 Å². The maximum Gasteiger partial charge on any atom is 0.416 e. The van der Waals surface area contributed by atoms with E-state index in [0.717, 1.165) is 22.6 Å². The standard InChI is InChI=1S/C38H41F3N4O3S/c1-25-22-45(26(2)21-42)37(47)32-10-7-11-33(43-35(46)20-27-12-16-29(17-13-27)38(39,40)41)36(32)48-34(25)24-44(3)23-28-14-18-31(19-15-28)49-30-8-5-4-6-9-30/h4-19,25-26,34H,20-24,42H2,1-3H3,(H,43,46)/t25-,26?,34-/m1/s1. The van der Waals surface area contributed by atoms with Crippen molar-refractivity contribution in [1.29, 1.82) is 0 Å². The van der Waals surface area contributed by atoms with Crippen LogP contribution in [0.15, 0.2) is 107 Å². The fourth-order valence-corrected chi connectivity index (χ4v) is 6.59. The van der Waals surface area contributed by atoms with Gasteiger partial charge in [0.25, 0.3) is 5.91 Å². The van der Waals surface area contributed by atoms with Gasteiger partial charge < -0.3 is 20.7 Å². The molecular formula is C38H41F3N4O3S. The van der Waals surface area contributed by atoms with E-state index in [1.165, 1.54) is 17.0 Å². The molecule has 258 valence electrons. The number of rotatable bonds is 11. The molecule has 1 aliphatic heterocycles. The Morgan fingerprint density at radius 3 is 2.29 bits per heavy atom. The fraction of sp³-hybridized carbons (Fsp3) is 0.316. The molecule has 4 aromatic carbocycles. The average Bonchev–Trinajstić information content (AvgIpc) is 3.07. The Morgan fingerprint density at radius 1 is 0.980 bits per heavy atom. The second-order valence-electron chi connectivity index (χ2n) is 12.5. The van der Waals surface area contributed by atoms with Gasteiger partial charge in [-0.25, -0.2) is 0 Å². The number of likely N-dealkylation sites (N-methyl/N-ethyl adjacent to an activating group) is 1. The number of halogens is 3. The van der Waals surface area contributed by atoms with Gasteiger partial charge in [0.15, 0.2) is 5.75 Å². The van der Waals surface area contributed by atoms with Crippen LogP contribution in [0.3, 0.4) is 0 Å². The number of nitrogens with zero attached hydrogens (tertiary/aromatic N) is 2. The van der Waals surface area contributed by atoms with Gasteiger partial charge >= 0.3 is 6.18 Å². The second-order valence-corrected chi connectivity index (χ2v) is 13.7. The fourth-order valence-electron chi connectivity index (χ4n) is 5.75. The quantitative estimate of drug-likeness (QED) is 0.171. The van der Waals surface area contributed by atoms with Crippen LogP contribution in [0.5, 0.6) is 5.75 Å². The summed E-state index contributed by atoms with van der Waals surface area (Å²) in [5, 5.41) is 2.84. The van der Waals surface area contributed by atoms with Crippen LogP contribution in [0.4, 0.5) is 18.9 Å². The lowest BCUT2D eigenvalue weighted by atomic mass is 9.98. The van der Waals surface area contributed by atoms with Crippen molar-refractivity contribution in [2.24, 2.45) is 11.7 Å². The lowest BCUT2D eigenvalue weighted by Gasteiger charge is -2.38. The van der Waals surface area contributed by atoms with Gasteiger partial charge in [-0.2, -0.15) is 13.2 Å². The number of carbonyl (C=O) groups is 2. The Kier molecular flexibility index (Phi) is 11.7. The molecule has 1 aliphatic rings. The van der Waals surface area contributed by atoms with Crippen LogP contribution < -0.4 is 15.8 Å². The van der Waals surface area contributed by atoms with E-state index in [4.69, 9.17) is 10.5 Å². The monoisotopic (exact) mass is 690 g/mol. The van der Waals surface area contributed by atoms with Gasteiger partial charge in [0, 0.05) is 47.9 Å². The molecule has 3 atom stereocenters. The first-order valence-electron chi connectivity index (χ1n) is 16.2. The predicted molar refractivity (Wildman–Crippen MR) is 187 cm³/mol. The van der Waals surface area contributed by atoms with E-state index in [0.29, 0.717) is 36.4 Å². The van der Waals surface area contributed by atoms with Gasteiger partial charge in [-0.3, -0.25) is 14.5 Å². The number of hydrogen-bond acceptors (Lipinski definition) is 6. The van der Waals surface area contributed by atoms with E-state index in [-0.39, 0.29) is 42.7 Å². The normalized spacial score (nSPS) is 17.1. The number of para-hydroxylation sites is 1. The summed E-state index contributed by atoms with van der Waals surface area (Å²) in [6.07, 6.45) is -4.98. The summed E-state index contributed by atoms with van der Waals surface area (Å²) in [7, 11) is 2.02. The molecule has 0 radical (unpaired) electrons. The molecule has 49 heavy (non-hydrogen) atoms. The zero-order chi connectivity index (χ0) is 35.1. The summed E-state index contributed by atoms with van der Waals surface area (Å²) < 4.78 is 45.7. The number of amides is 2. The predicted octanol–water partition coefficient (Wildman–Crippen LogP) is 7.36. The van der Waals surface area contributed by atoms with Gasteiger partial charge in [0.05, 0.1) is 23.2 Å². The molecule has 3 N–H and O–H groups in total. The molecule has 1 unspecified atom stereocenters. The average molecular weight is 691 g/mol. The molecule has 0 spiro atoms. The van der Waals surface area contributed by atoms with Crippen LogP contribution in [0.25, 0.3) is 0 Å². The van der Waals surface area contributed by atoms with E-state index in [1.807, 2.05) is 39.1 Å². The Labute approximate surface area is 289 Å². The highest BCUT2D eigenvalue weighted by Crippen LogP contribution is 2.35. The topological polar surface area (TPSA) is 87.9 Å². The summed E-state index contributed by atoms with van der Waals surface area (Å²) in [5.74, 6) is -0.531. The van der Waals surface area contributed by atoms with Crippen molar-refractivity contribution in [2.45, 2.75) is 54.9 Å². The maximum absolute atomic E-state index is 13.9. The van der Waals surface area contributed by atoms with Crippen LogP contribution in [-0.2, 0) is 23.9 Å². The molecule has 5 rings (SSSR count). The molecule has 0 aromatic heterocycles. The number of ether oxygens (including phenoxy) is 1. The van der Waals surface area contributed by atoms with E-state index < -0.39 is 17.6 Å². The van der Waals surface area contributed by atoms with Crippen LogP contribution in [-0.4, -0.2) is 60.4 Å². The Bertz CT molecular complexity index is 1720. The molecule has 1 heterocycles. The van der Waals surface area contributed by atoms with Crippen molar-refractivity contribution >= 4 is 29.3 Å². The molecule has 4 aromatic rings. The molecule has 0 fully saturated rings. The summed E-state index contributed by atoms with van der Waals surface area (Å²) in [5.41, 5.74) is 7.42. The van der Waals surface area contributed by atoms with Gasteiger partial charge in [-0.15, -0.1) is 0 Å². The Hall–Kier alpha value is -4.32. The third-order valence-corrected chi connectivity index (χ3v) is 9.55. The van der Waals surface area contributed by atoms with Gasteiger partial charge in [0.2, 0.25) is 5.91 Å². The van der Waals surface area contributed by atoms with E-state index in [1.54, 1.807) is 34.9 Å². The minimum atomic E-state index is -4.46. The minimum Gasteiger partial charge on any atom is -0.486 e. The zero-order valence-electron chi connectivity index (χ0n) is 27.7. The highest BCUT2D eigenvalue weighted by Gasteiger charge is 2.35. The first kappa shape index (κ1) is 36.0. The number of nitrogens with one attached hydrogen (secondary N) is 1. The molecule has 2 amide bonds. The number of benzene rings is 4. The first-order chi connectivity index (χ1) is 23.4. The Morgan fingerprint density at radius 2 is 1.63 bits per heavy atom. The molecule has 0 bridgehead atoms. The highest BCUT2D eigenvalue weighted by atomic mass is 32.2. The van der Waals surface area contributed by atoms with Crippen molar-refractivity contribution in [1.82, 2.24) is 9.80 Å². The largest absolute Gasteiger partial charge is 0.486 e. The third kappa shape index (κ3) is 9.44. The number of alkyl halides is 3.